The van der Waals surface area contributed by atoms with Gasteiger partial charge in [-0.25, -0.2) is 0 Å². The molecule has 90 valence electrons. The fraction of sp³-hybridized carbons (Fsp3) is 0.667. The molecular formula is C12H20N2OS. The van der Waals surface area contributed by atoms with E-state index in [2.05, 4.69) is 30.2 Å². The zero-order valence-corrected chi connectivity index (χ0v) is 10.8. The minimum absolute atomic E-state index is 0.162. The van der Waals surface area contributed by atoms with E-state index in [-0.39, 0.29) is 6.04 Å². The SMILES string of the molecule is Cc1ccsc1C(C(C)N)N1CCOCC1. The molecule has 0 saturated carbocycles. The van der Waals surface area contributed by atoms with Crippen LogP contribution in [0.5, 0.6) is 0 Å². The number of ether oxygens (including phenoxy) is 1. The third-order valence-electron chi connectivity index (χ3n) is 3.11. The highest BCUT2D eigenvalue weighted by atomic mass is 32.1. The molecule has 0 aliphatic carbocycles. The van der Waals surface area contributed by atoms with Gasteiger partial charge in [0.15, 0.2) is 0 Å². The smallest absolute Gasteiger partial charge is 0.0595 e. The van der Waals surface area contributed by atoms with Crippen molar-refractivity contribution in [2.75, 3.05) is 26.3 Å². The lowest BCUT2D eigenvalue weighted by molar-refractivity contribution is 0.0123. The predicted octanol–water partition coefficient (Wildman–Crippen LogP) is 1.78. The van der Waals surface area contributed by atoms with E-state index in [9.17, 15) is 0 Å². The van der Waals surface area contributed by atoms with Gasteiger partial charge in [-0.15, -0.1) is 11.3 Å². The van der Waals surface area contributed by atoms with E-state index in [0.717, 1.165) is 26.3 Å². The summed E-state index contributed by atoms with van der Waals surface area (Å²) in [5.41, 5.74) is 7.51. The molecule has 16 heavy (non-hydrogen) atoms. The predicted molar refractivity (Wildman–Crippen MR) is 67.8 cm³/mol. The monoisotopic (exact) mass is 240 g/mol. The number of nitrogens with two attached hydrogens (primary N) is 1. The molecule has 1 aromatic rings. The first kappa shape index (κ1) is 12.0. The highest BCUT2D eigenvalue weighted by molar-refractivity contribution is 7.10. The van der Waals surface area contributed by atoms with Gasteiger partial charge >= 0.3 is 0 Å². The molecule has 3 nitrogen and oxygen atoms in total. The normalized spacial score (nSPS) is 21.9. The van der Waals surface area contributed by atoms with Crippen molar-refractivity contribution in [3.8, 4) is 0 Å². The molecule has 1 saturated heterocycles. The second-order valence-electron chi connectivity index (χ2n) is 4.42. The molecule has 0 amide bonds. The Hall–Kier alpha value is -0.420. The summed E-state index contributed by atoms with van der Waals surface area (Å²) in [6, 6.07) is 2.69. The Bertz CT molecular complexity index is 332. The van der Waals surface area contributed by atoms with Gasteiger partial charge in [-0.1, -0.05) is 0 Å². The molecule has 1 fully saturated rings. The van der Waals surface area contributed by atoms with Gasteiger partial charge < -0.3 is 10.5 Å². The molecule has 1 aromatic heterocycles. The van der Waals surface area contributed by atoms with Crippen molar-refractivity contribution in [3.63, 3.8) is 0 Å². The Kier molecular flexibility index (Phi) is 3.97. The molecule has 2 unspecified atom stereocenters. The molecule has 1 aliphatic rings. The van der Waals surface area contributed by atoms with Gasteiger partial charge in [-0.3, -0.25) is 4.90 Å². The summed E-state index contributed by atoms with van der Waals surface area (Å²) in [6.45, 7) is 7.90. The lowest BCUT2D eigenvalue weighted by atomic mass is 10.0. The molecule has 0 aromatic carbocycles. The van der Waals surface area contributed by atoms with E-state index in [0.29, 0.717) is 6.04 Å². The van der Waals surface area contributed by atoms with E-state index < -0.39 is 0 Å². The molecule has 0 spiro atoms. The van der Waals surface area contributed by atoms with E-state index in [4.69, 9.17) is 10.5 Å². The minimum atomic E-state index is 0.162. The van der Waals surface area contributed by atoms with E-state index in [1.54, 1.807) is 0 Å². The Balaban J connectivity index is 2.19. The molecule has 1 aliphatic heterocycles. The second kappa shape index (κ2) is 5.27. The Morgan fingerprint density at radius 3 is 2.62 bits per heavy atom. The maximum atomic E-state index is 6.15. The first-order valence-corrected chi connectivity index (χ1v) is 6.69. The molecule has 2 rings (SSSR count). The number of rotatable bonds is 3. The average molecular weight is 240 g/mol. The highest BCUT2D eigenvalue weighted by Gasteiger charge is 2.27. The number of nitrogens with zero attached hydrogens (tertiary/aromatic N) is 1. The van der Waals surface area contributed by atoms with Gasteiger partial charge in [0, 0.05) is 24.0 Å². The molecule has 0 radical (unpaired) electrons. The lowest BCUT2D eigenvalue weighted by Gasteiger charge is -2.36. The second-order valence-corrected chi connectivity index (χ2v) is 5.37. The molecular weight excluding hydrogens is 220 g/mol. The van der Waals surface area contributed by atoms with Gasteiger partial charge in [-0.2, -0.15) is 0 Å². The van der Waals surface area contributed by atoms with Crippen LogP contribution in [0.25, 0.3) is 0 Å². The molecule has 2 N–H and O–H groups in total. The quantitative estimate of drug-likeness (QED) is 0.875. The van der Waals surface area contributed by atoms with Crippen molar-refractivity contribution in [3.05, 3.63) is 21.9 Å². The van der Waals surface area contributed by atoms with Crippen LogP contribution >= 0.6 is 11.3 Å². The number of aryl methyl sites for hydroxylation is 1. The van der Waals surface area contributed by atoms with Gasteiger partial charge in [0.25, 0.3) is 0 Å². The van der Waals surface area contributed by atoms with Crippen LogP contribution in [-0.2, 0) is 4.74 Å². The van der Waals surface area contributed by atoms with Crippen LogP contribution in [0.1, 0.15) is 23.4 Å². The number of morpholine rings is 1. The Morgan fingerprint density at radius 2 is 2.12 bits per heavy atom. The fourth-order valence-corrected chi connectivity index (χ4v) is 3.46. The van der Waals surface area contributed by atoms with Crippen molar-refractivity contribution in [1.82, 2.24) is 4.90 Å². The molecule has 4 heteroatoms. The van der Waals surface area contributed by atoms with Crippen LogP contribution in [0.2, 0.25) is 0 Å². The van der Waals surface area contributed by atoms with Crippen LogP contribution in [0.4, 0.5) is 0 Å². The maximum absolute atomic E-state index is 6.15. The van der Waals surface area contributed by atoms with Crippen molar-refractivity contribution in [1.29, 1.82) is 0 Å². The van der Waals surface area contributed by atoms with Crippen molar-refractivity contribution in [2.24, 2.45) is 5.73 Å². The largest absolute Gasteiger partial charge is 0.379 e. The zero-order chi connectivity index (χ0) is 11.5. The van der Waals surface area contributed by atoms with Crippen LogP contribution < -0.4 is 5.73 Å². The van der Waals surface area contributed by atoms with Crippen molar-refractivity contribution < 1.29 is 4.74 Å². The molecule has 2 heterocycles. The third kappa shape index (κ3) is 2.46. The maximum Gasteiger partial charge on any atom is 0.0595 e. The Morgan fingerprint density at radius 1 is 1.44 bits per heavy atom. The summed E-state index contributed by atoms with van der Waals surface area (Å²) >= 11 is 1.82. The van der Waals surface area contributed by atoms with Gasteiger partial charge in [-0.05, 0) is 30.9 Å². The summed E-state index contributed by atoms with van der Waals surface area (Å²) in [6.07, 6.45) is 0. The van der Waals surface area contributed by atoms with Gasteiger partial charge in [0.05, 0.1) is 19.3 Å². The zero-order valence-electron chi connectivity index (χ0n) is 9.98. The number of thiophene rings is 1. The summed E-state index contributed by atoms with van der Waals surface area (Å²) in [4.78, 5) is 3.87. The standard InChI is InChI=1S/C12H20N2OS/c1-9-3-8-16-12(9)11(10(2)13)14-4-6-15-7-5-14/h3,8,10-11H,4-7,13H2,1-2H3. The lowest BCUT2D eigenvalue weighted by Crippen LogP contribution is -2.45. The topological polar surface area (TPSA) is 38.5 Å². The van der Waals surface area contributed by atoms with Crippen LogP contribution in [0.15, 0.2) is 11.4 Å². The van der Waals surface area contributed by atoms with Crippen LogP contribution in [0, 0.1) is 6.92 Å². The third-order valence-corrected chi connectivity index (χ3v) is 4.20. The summed E-state index contributed by atoms with van der Waals surface area (Å²) in [7, 11) is 0. The van der Waals surface area contributed by atoms with Gasteiger partial charge in [0.1, 0.15) is 0 Å². The van der Waals surface area contributed by atoms with Crippen molar-refractivity contribution >= 4 is 11.3 Å². The summed E-state index contributed by atoms with van der Waals surface area (Å²) in [5, 5.41) is 2.15. The van der Waals surface area contributed by atoms with Crippen LogP contribution in [-0.4, -0.2) is 37.2 Å². The van der Waals surface area contributed by atoms with E-state index >= 15 is 0 Å². The minimum Gasteiger partial charge on any atom is -0.379 e. The van der Waals surface area contributed by atoms with Crippen molar-refractivity contribution in [2.45, 2.75) is 25.9 Å². The highest BCUT2D eigenvalue weighted by Crippen LogP contribution is 2.31. The Labute approximate surface area is 101 Å². The van der Waals surface area contributed by atoms with E-state index in [1.165, 1.54) is 10.4 Å². The molecule has 2 atom stereocenters. The van der Waals surface area contributed by atoms with Crippen LogP contribution in [0.3, 0.4) is 0 Å². The first-order chi connectivity index (χ1) is 7.70. The first-order valence-electron chi connectivity index (χ1n) is 5.81. The van der Waals surface area contributed by atoms with Gasteiger partial charge in [0.2, 0.25) is 0 Å². The summed E-state index contributed by atoms with van der Waals surface area (Å²) < 4.78 is 5.40. The number of hydrogen-bond acceptors (Lipinski definition) is 4. The number of hydrogen-bond donors (Lipinski definition) is 1. The fourth-order valence-electron chi connectivity index (χ4n) is 2.28. The van der Waals surface area contributed by atoms with E-state index in [1.807, 2.05) is 11.3 Å². The average Bonchev–Trinajstić information content (AvgIpc) is 2.66. The molecule has 0 bridgehead atoms. The summed E-state index contributed by atoms with van der Waals surface area (Å²) in [5.74, 6) is 0.